The summed E-state index contributed by atoms with van der Waals surface area (Å²) in [5.74, 6) is 0. The van der Waals surface area contributed by atoms with Crippen molar-refractivity contribution in [3.8, 4) is 39.1 Å². The molecular weight excluding hydrogens is 797 g/mol. The molecule has 4 heteroatoms. The zero-order valence-electron chi connectivity index (χ0n) is 34.7. The summed E-state index contributed by atoms with van der Waals surface area (Å²) in [5, 5.41) is 7.15. The molecule has 3 nitrogen and oxygen atoms in total. The second-order valence-electron chi connectivity index (χ2n) is 16.5. The van der Waals surface area contributed by atoms with Gasteiger partial charge in [-0.3, -0.25) is 0 Å². The summed E-state index contributed by atoms with van der Waals surface area (Å²) < 4.78 is 11.3. The maximum Gasteiger partial charge on any atom is 0.135 e. The Morgan fingerprint density at radius 1 is 0.359 bits per heavy atom. The van der Waals surface area contributed by atoms with Crippen molar-refractivity contribution in [2.75, 3.05) is 4.90 Å². The van der Waals surface area contributed by atoms with E-state index in [0.29, 0.717) is 0 Å². The molecule has 0 saturated heterocycles. The quantitative estimate of drug-likeness (QED) is 0.159. The largest absolute Gasteiger partial charge is 0.456 e. The van der Waals surface area contributed by atoms with Crippen LogP contribution < -0.4 is 4.90 Å². The third kappa shape index (κ3) is 5.88. The molecule has 0 bridgehead atoms. The number of rotatable bonds is 7. The lowest BCUT2D eigenvalue weighted by Crippen LogP contribution is -2.10. The van der Waals surface area contributed by atoms with Crippen molar-refractivity contribution in [1.29, 1.82) is 0 Å². The third-order valence-corrected chi connectivity index (χ3v) is 14.0. The summed E-state index contributed by atoms with van der Waals surface area (Å²) in [6.07, 6.45) is 0. The molecule has 3 aromatic heterocycles. The second kappa shape index (κ2) is 14.7. The number of aromatic nitrogens is 1. The molecular formula is C60H38N2OS. The van der Waals surface area contributed by atoms with Crippen LogP contribution in [-0.2, 0) is 0 Å². The average Bonchev–Trinajstić information content (AvgIpc) is 4.04. The van der Waals surface area contributed by atoms with E-state index in [-0.39, 0.29) is 0 Å². The van der Waals surface area contributed by atoms with Crippen LogP contribution in [0.15, 0.2) is 235 Å². The third-order valence-electron chi connectivity index (χ3n) is 12.8. The number of fused-ring (bicyclic) bond motifs is 9. The van der Waals surface area contributed by atoms with E-state index < -0.39 is 0 Å². The maximum absolute atomic E-state index is 6.35. The fourth-order valence-corrected chi connectivity index (χ4v) is 11.0. The Kier molecular flexibility index (Phi) is 8.40. The summed E-state index contributed by atoms with van der Waals surface area (Å²) in [6.45, 7) is 0. The van der Waals surface area contributed by atoms with Crippen LogP contribution in [0.25, 0.3) is 103 Å². The van der Waals surface area contributed by atoms with E-state index in [0.717, 1.165) is 55.8 Å². The van der Waals surface area contributed by atoms with Crippen LogP contribution >= 0.6 is 11.3 Å². The van der Waals surface area contributed by atoms with Gasteiger partial charge < -0.3 is 13.9 Å². The molecule has 0 amide bonds. The highest BCUT2D eigenvalue weighted by Crippen LogP contribution is 2.49. The first-order valence-electron chi connectivity index (χ1n) is 21.7. The predicted molar refractivity (Wildman–Crippen MR) is 272 cm³/mol. The number of hydrogen-bond acceptors (Lipinski definition) is 3. The molecule has 0 saturated carbocycles. The Morgan fingerprint density at radius 2 is 1.00 bits per heavy atom. The lowest BCUT2D eigenvalue weighted by atomic mass is 9.98. The van der Waals surface area contributed by atoms with Crippen LogP contribution in [0.4, 0.5) is 17.1 Å². The molecule has 0 fully saturated rings. The van der Waals surface area contributed by atoms with Gasteiger partial charge >= 0.3 is 0 Å². The van der Waals surface area contributed by atoms with Crippen LogP contribution in [0, 0.1) is 0 Å². The number of hydrogen-bond donors (Lipinski definition) is 0. The van der Waals surface area contributed by atoms with E-state index >= 15 is 0 Å². The summed E-state index contributed by atoms with van der Waals surface area (Å²) in [7, 11) is 0. The second-order valence-corrected chi connectivity index (χ2v) is 17.5. The molecule has 0 unspecified atom stereocenters. The van der Waals surface area contributed by atoms with Crippen molar-refractivity contribution >= 4 is 92.3 Å². The van der Waals surface area contributed by atoms with Crippen molar-refractivity contribution in [1.82, 2.24) is 4.57 Å². The molecule has 0 aliphatic rings. The standard InChI is InChI=1S/C60H38N2OS/c1-4-16-39(17-5-1)41-29-33-59-51(34-41)52-35-43(37-56(60(52)64-59)61(44-20-8-3-9-21-44)45-30-32-58-50(38-45)49-24-12-15-27-57(49)63-58)42-28-31-48-47-23-11-14-26-54(47)62(55(48)36-42)53-25-13-10-22-46(53)40-18-6-2-7-19-40/h1-38H. The predicted octanol–water partition coefficient (Wildman–Crippen LogP) is 17.5. The number of para-hydroxylation sites is 4. The molecule has 10 aromatic carbocycles. The van der Waals surface area contributed by atoms with Gasteiger partial charge in [-0.25, -0.2) is 0 Å². The van der Waals surface area contributed by atoms with E-state index in [1.807, 2.05) is 17.4 Å². The molecule has 0 aliphatic heterocycles. The molecule has 13 aromatic rings. The number of nitrogens with zero attached hydrogens (tertiary/aromatic N) is 2. The Labute approximate surface area is 373 Å². The zero-order chi connectivity index (χ0) is 42.1. The Balaban J connectivity index is 1.09. The van der Waals surface area contributed by atoms with Crippen molar-refractivity contribution in [3.63, 3.8) is 0 Å². The van der Waals surface area contributed by atoms with Gasteiger partial charge in [-0.2, -0.15) is 0 Å². The molecule has 300 valence electrons. The number of anilines is 3. The number of benzene rings is 10. The Morgan fingerprint density at radius 3 is 1.84 bits per heavy atom. The van der Waals surface area contributed by atoms with Crippen molar-refractivity contribution in [3.05, 3.63) is 231 Å². The molecule has 13 rings (SSSR count). The van der Waals surface area contributed by atoms with Gasteiger partial charge in [0.2, 0.25) is 0 Å². The fraction of sp³-hybridized carbons (Fsp3) is 0. The van der Waals surface area contributed by atoms with Gasteiger partial charge in [0.1, 0.15) is 11.2 Å². The van der Waals surface area contributed by atoms with Crippen LogP contribution in [0.5, 0.6) is 0 Å². The monoisotopic (exact) mass is 834 g/mol. The van der Waals surface area contributed by atoms with Gasteiger partial charge in [0.15, 0.2) is 0 Å². The summed E-state index contributed by atoms with van der Waals surface area (Å²) in [4.78, 5) is 2.44. The van der Waals surface area contributed by atoms with Gasteiger partial charge in [0.05, 0.1) is 27.1 Å². The lowest BCUT2D eigenvalue weighted by Gasteiger charge is -2.27. The van der Waals surface area contributed by atoms with E-state index in [1.54, 1.807) is 0 Å². The first-order chi connectivity index (χ1) is 31.7. The van der Waals surface area contributed by atoms with E-state index in [2.05, 4.69) is 234 Å². The minimum atomic E-state index is 0.879. The highest BCUT2D eigenvalue weighted by atomic mass is 32.1. The van der Waals surface area contributed by atoms with Gasteiger partial charge in [0.25, 0.3) is 0 Å². The highest BCUT2D eigenvalue weighted by molar-refractivity contribution is 7.26. The molecule has 0 N–H and O–H groups in total. The van der Waals surface area contributed by atoms with Gasteiger partial charge in [-0.05, 0) is 107 Å². The van der Waals surface area contributed by atoms with Crippen LogP contribution in [-0.4, -0.2) is 4.57 Å². The molecule has 0 atom stereocenters. The molecule has 64 heavy (non-hydrogen) atoms. The fourth-order valence-electron chi connectivity index (χ4n) is 9.80. The van der Waals surface area contributed by atoms with Crippen molar-refractivity contribution in [2.45, 2.75) is 0 Å². The van der Waals surface area contributed by atoms with E-state index in [4.69, 9.17) is 4.42 Å². The van der Waals surface area contributed by atoms with Crippen LogP contribution in [0.2, 0.25) is 0 Å². The van der Waals surface area contributed by atoms with Gasteiger partial charge in [-0.1, -0.05) is 152 Å². The number of thiophene rings is 1. The normalized spacial score (nSPS) is 11.8. The summed E-state index contributed by atoms with van der Waals surface area (Å²) >= 11 is 1.86. The topological polar surface area (TPSA) is 21.3 Å². The maximum atomic E-state index is 6.35. The smallest absolute Gasteiger partial charge is 0.135 e. The van der Waals surface area contributed by atoms with Crippen molar-refractivity contribution in [2.24, 2.45) is 0 Å². The van der Waals surface area contributed by atoms with Gasteiger partial charge in [0, 0.05) is 54.0 Å². The molecule has 3 heterocycles. The van der Waals surface area contributed by atoms with Gasteiger partial charge in [-0.15, -0.1) is 11.3 Å². The average molecular weight is 835 g/mol. The van der Waals surface area contributed by atoms with Crippen LogP contribution in [0.3, 0.4) is 0 Å². The number of furan rings is 1. The van der Waals surface area contributed by atoms with Crippen LogP contribution in [0.1, 0.15) is 0 Å². The summed E-state index contributed by atoms with van der Waals surface area (Å²) in [6, 6.07) is 83.6. The SMILES string of the molecule is c1ccc(-c2ccc3sc4c(N(c5ccccc5)c5ccc6oc7ccccc7c6c5)cc(-c5ccc6c7ccccc7n(-c7ccccc7-c7ccccc7)c6c5)cc4c3c2)cc1. The minimum Gasteiger partial charge on any atom is -0.456 e. The van der Waals surface area contributed by atoms with E-state index in [1.165, 1.54) is 64.2 Å². The molecule has 0 radical (unpaired) electrons. The van der Waals surface area contributed by atoms with E-state index in [9.17, 15) is 0 Å². The summed E-state index contributed by atoms with van der Waals surface area (Å²) in [5.41, 5.74) is 15.7. The highest BCUT2D eigenvalue weighted by Gasteiger charge is 2.23. The molecule has 0 spiro atoms. The Hall–Kier alpha value is -8.18. The van der Waals surface area contributed by atoms with Crippen molar-refractivity contribution < 1.29 is 4.42 Å². The first kappa shape index (κ1) is 36.5. The first-order valence-corrected chi connectivity index (χ1v) is 22.6. The molecule has 0 aliphatic carbocycles. The lowest BCUT2D eigenvalue weighted by molar-refractivity contribution is 0.669. The Bertz CT molecular complexity index is 3900. The minimum absolute atomic E-state index is 0.879. The zero-order valence-corrected chi connectivity index (χ0v) is 35.5.